The van der Waals surface area contributed by atoms with Crippen LogP contribution in [0.5, 0.6) is 0 Å². The summed E-state index contributed by atoms with van der Waals surface area (Å²) in [6, 6.07) is 6.31. The Bertz CT molecular complexity index is 722. The average Bonchev–Trinajstić information content (AvgIpc) is 2.72. The highest BCUT2D eigenvalue weighted by atomic mass is 35.5. The molecule has 0 radical (unpaired) electrons. The highest BCUT2D eigenvalue weighted by molar-refractivity contribution is 7.80. The van der Waals surface area contributed by atoms with E-state index in [1.54, 1.807) is 24.3 Å². The van der Waals surface area contributed by atoms with Crippen LogP contribution in [0, 0.1) is 5.92 Å². The van der Waals surface area contributed by atoms with Gasteiger partial charge < -0.3 is 20.9 Å². The first kappa shape index (κ1) is 23.4. The van der Waals surface area contributed by atoms with E-state index in [0.29, 0.717) is 10.6 Å². The van der Waals surface area contributed by atoms with E-state index < -0.39 is 6.04 Å². The minimum atomic E-state index is -0.609. The molecule has 2 atom stereocenters. The first-order valence-corrected chi connectivity index (χ1v) is 11.0. The Labute approximate surface area is 183 Å². The van der Waals surface area contributed by atoms with Crippen LogP contribution in [0.1, 0.15) is 50.4 Å². The zero-order chi connectivity index (χ0) is 21.4. The smallest absolute Gasteiger partial charge is 0.253 e. The van der Waals surface area contributed by atoms with Crippen molar-refractivity contribution in [3.63, 3.8) is 0 Å². The number of rotatable bonds is 7. The summed E-state index contributed by atoms with van der Waals surface area (Å²) >= 11 is 11.6. The summed E-state index contributed by atoms with van der Waals surface area (Å²) in [6.45, 7) is 8.28. The monoisotopic (exact) mass is 438 g/mol. The minimum absolute atomic E-state index is 0.0335. The van der Waals surface area contributed by atoms with E-state index >= 15 is 0 Å². The molecule has 1 heterocycles. The van der Waals surface area contributed by atoms with Gasteiger partial charge in [0, 0.05) is 25.7 Å². The van der Waals surface area contributed by atoms with Crippen molar-refractivity contribution in [1.82, 2.24) is 20.9 Å². The van der Waals surface area contributed by atoms with Crippen molar-refractivity contribution >= 4 is 40.7 Å². The summed E-state index contributed by atoms with van der Waals surface area (Å²) in [5.74, 6) is -0.441. The molecule has 0 saturated carbocycles. The molecular formula is C21H31ClN4O2S. The largest absolute Gasteiger partial charge is 0.363 e. The fraction of sp³-hybridized carbons (Fsp3) is 0.571. The van der Waals surface area contributed by atoms with Crippen molar-refractivity contribution in [3.05, 3.63) is 34.9 Å². The molecule has 0 aliphatic carbocycles. The molecule has 0 spiro atoms. The third-order valence-electron chi connectivity index (χ3n) is 5.31. The number of carbonyl (C=O) groups excluding carboxylic acids is 2. The number of halogens is 1. The molecule has 0 aromatic heterocycles. The second-order valence-electron chi connectivity index (χ2n) is 7.41. The topological polar surface area (TPSA) is 73.5 Å². The van der Waals surface area contributed by atoms with Crippen LogP contribution < -0.4 is 16.0 Å². The molecule has 3 N–H and O–H groups in total. The Morgan fingerprint density at radius 3 is 2.45 bits per heavy atom. The van der Waals surface area contributed by atoms with Crippen molar-refractivity contribution in [1.29, 1.82) is 0 Å². The van der Waals surface area contributed by atoms with Gasteiger partial charge in [0.15, 0.2) is 5.11 Å². The molecule has 29 heavy (non-hydrogen) atoms. The maximum absolute atomic E-state index is 13.0. The fourth-order valence-corrected chi connectivity index (χ4v) is 3.94. The molecule has 1 aliphatic heterocycles. The molecule has 0 bridgehead atoms. The third kappa shape index (κ3) is 6.57. The highest BCUT2D eigenvalue weighted by Gasteiger charge is 2.34. The highest BCUT2D eigenvalue weighted by Crippen LogP contribution is 2.23. The Hall–Kier alpha value is -1.86. The van der Waals surface area contributed by atoms with Gasteiger partial charge in [-0.2, -0.15) is 0 Å². The van der Waals surface area contributed by atoms with Crippen LogP contribution in [0.25, 0.3) is 0 Å². The molecule has 1 aromatic rings. The number of carbonyl (C=O) groups is 2. The molecule has 8 heteroatoms. The number of amides is 2. The van der Waals surface area contributed by atoms with Crippen LogP contribution >= 0.6 is 23.8 Å². The Kier molecular flexibility index (Phi) is 9.17. The van der Waals surface area contributed by atoms with Gasteiger partial charge in [-0.05, 0) is 63.4 Å². The number of hydrogen-bond acceptors (Lipinski definition) is 3. The molecule has 1 aliphatic rings. The van der Waals surface area contributed by atoms with Gasteiger partial charge in [0.2, 0.25) is 5.91 Å². The Morgan fingerprint density at radius 1 is 1.21 bits per heavy atom. The van der Waals surface area contributed by atoms with Crippen molar-refractivity contribution in [2.75, 3.05) is 19.6 Å². The normalized spacial score (nSPS) is 16.6. The minimum Gasteiger partial charge on any atom is -0.363 e. The predicted molar refractivity (Wildman–Crippen MR) is 121 cm³/mol. The van der Waals surface area contributed by atoms with Crippen LogP contribution in [0.2, 0.25) is 5.02 Å². The zero-order valence-corrected chi connectivity index (χ0v) is 18.9. The number of benzene rings is 1. The van der Waals surface area contributed by atoms with Gasteiger partial charge in [-0.25, -0.2) is 0 Å². The Balaban J connectivity index is 2.11. The van der Waals surface area contributed by atoms with Crippen LogP contribution in [0.3, 0.4) is 0 Å². The standard InChI is InChI=1S/C21H31ClN4O2S/c1-4-14(3)24-20(28)18(25-19(27)16-8-6-7-9-17(16)22)15-10-12-26(13-11-15)21(29)23-5-2/h6-9,14-15,18H,4-5,10-13H2,1-3H3,(H,23,29)(H,24,28)(H,25,27)/t14-,18+/m1/s1. The van der Waals surface area contributed by atoms with Crippen molar-refractivity contribution < 1.29 is 9.59 Å². The maximum Gasteiger partial charge on any atom is 0.253 e. The molecule has 6 nitrogen and oxygen atoms in total. The van der Waals surface area contributed by atoms with Gasteiger partial charge in [0.1, 0.15) is 6.04 Å². The van der Waals surface area contributed by atoms with Crippen LogP contribution in [0.15, 0.2) is 24.3 Å². The third-order valence-corrected chi connectivity index (χ3v) is 6.05. The molecule has 2 rings (SSSR count). The van der Waals surface area contributed by atoms with E-state index in [1.807, 2.05) is 20.8 Å². The van der Waals surface area contributed by atoms with Crippen LogP contribution in [-0.4, -0.2) is 53.5 Å². The fourth-order valence-electron chi connectivity index (χ4n) is 3.40. The first-order valence-electron chi connectivity index (χ1n) is 10.3. The van der Waals surface area contributed by atoms with Crippen molar-refractivity contribution in [2.24, 2.45) is 5.92 Å². The molecule has 1 saturated heterocycles. The van der Waals surface area contributed by atoms with Gasteiger partial charge in [-0.1, -0.05) is 30.7 Å². The number of piperidine rings is 1. The summed E-state index contributed by atoms with van der Waals surface area (Å²) in [7, 11) is 0. The molecular weight excluding hydrogens is 408 g/mol. The summed E-state index contributed by atoms with van der Waals surface area (Å²) in [6.07, 6.45) is 2.37. The van der Waals surface area contributed by atoms with Gasteiger partial charge in [-0.15, -0.1) is 0 Å². The number of nitrogens with one attached hydrogen (secondary N) is 3. The maximum atomic E-state index is 13.0. The van der Waals surface area contributed by atoms with E-state index in [1.165, 1.54) is 0 Å². The lowest BCUT2D eigenvalue weighted by Gasteiger charge is -2.37. The summed E-state index contributed by atoms with van der Waals surface area (Å²) < 4.78 is 0. The lowest BCUT2D eigenvalue weighted by atomic mass is 9.88. The number of thiocarbonyl (C=S) groups is 1. The van der Waals surface area contributed by atoms with E-state index in [-0.39, 0.29) is 23.8 Å². The van der Waals surface area contributed by atoms with Crippen molar-refractivity contribution in [3.8, 4) is 0 Å². The molecule has 160 valence electrons. The predicted octanol–water partition coefficient (Wildman–Crippen LogP) is 2.96. The van der Waals surface area contributed by atoms with E-state index in [2.05, 4.69) is 20.9 Å². The zero-order valence-electron chi connectivity index (χ0n) is 17.3. The second-order valence-corrected chi connectivity index (χ2v) is 8.20. The number of nitrogens with zero attached hydrogens (tertiary/aromatic N) is 1. The molecule has 2 amide bonds. The SMILES string of the molecule is CCNC(=S)N1CCC([C@H](NC(=O)c2ccccc2Cl)C(=O)N[C@H](C)CC)CC1. The first-order chi connectivity index (χ1) is 13.9. The van der Waals surface area contributed by atoms with E-state index in [9.17, 15) is 9.59 Å². The van der Waals surface area contributed by atoms with E-state index in [4.69, 9.17) is 23.8 Å². The lowest BCUT2D eigenvalue weighted by molar-refractivity contribution is -0.125. The summed E-state index contributed by atoms with van der Waals surface area (Å²) in [4.78, 5) is 27.9. The molecule has 0 unspecified atom stereocenters. The summed E-state index contributed by atoms with van der Waals surface area (Å²) in [5.41, 5.74) is 0.376. The van der Waals surface area contributed by atoms with Gasteiger partial charge >= 0.3 is 0 Å². The van der Waals surface area contributed by atoms with Crippen molar-refractivity contribution in [2.45, 2.75) is 52.1 Å². The Morgan fingerprint density at radius 2 is 1.86 bits per heavy atom. The lowest BCUT2D eigenvalue weighted by Crippen LogP contribution is -2.55. The molecule has 1 aromatic carbocycles. The van der Waals surface area contributed by atoms with E-state index in [0.717, 1.165) is 44.0 Å². The van der Waals surface area contributed by atoms with Gasteiger partial charge in [0.05, 0.1) is 10.6 Å². The molecule has 1 fully saturated rings. The van der Waals surface area contributed by atoms with Gasteiger partial charge in [0.25, 0.3) is 5.91 Å². The average molecular weight is 439 g/mol. The number of likely N-dealkylation sites (tertiary alicyclic amines) is 1. The quantitative estimate of drug-likeness (QED) is 0.571. The second kappa shape index (κ2) is 11.4. The van der Waals surface area contributed by atoms with Crippen LogP contribution in [-0.2, 0) is 4.79 Å². The van der Waals surface area contributed by atoms with Gasteiger partial charge in [-0.3, -0.25) is 9.59 Å². The summed E-state index contributed by atoms with van der Waals surface area (Å²) in [5, 5.41) is 10.2. The number of hydrogen-bond donors (Lipinski definition) is 3. The van der Waals surface area contributed by atoms with Crippen LogP contribution in [0.4, 0.5) is 0 Å².